The van der Waals surface area contributed by atoms with Crippen molar-refractivity contribution in [3.8, 4) is 0 Å². The Balaban J connectivity index is 1.86. The molecule has 21 heavy (non-hydrogen) atoms. The van der Waals surface area contributed by atoms with Crippen LogP contribution in [0.4, 0.5) is 4.39 Å². The highest BCUT2D eigenvalue weighted by atomic mass is 19.1. The second kappa shape index (κ2) is 6.37. The zero-order chi connectivity index (χ0) is 14.7. The smallest absolute Gasteiger partial charge is 0.128 e. The van der Waals surface area contributed by atoms with Crippen molar-refractivity contribution in [2.75, 3.05) is 6.54 Å². The standard InChI is InChI=1S/C18H21FN2/c19-17-9-5-4-8-16(17)18(12-20)21(15-10-11-15)13-14-6-2-1-3-7-14/h1-9,15,18H,10-13,20H2. The van der Waals surface area contributed by atoms with E-state index >= 15 is 0 Å². The summed E-state index contributed by atoms with van der Waals surface area (Å²) >= 11 is 0. The van der Waals surface area contributed by atoms with Crippen LogP contribution in [-0.2, 0) is 6.54 Å². The molecule has 1 unspecified atom stereocenters. The molecular formula is C18H21FN2. The average Bonchev–Trinajstić information content (AvgIpc) is 3.34. The van der Waals surface area contributed by atoms with Gasteiger partial charge in [-0.2, -0.15) is 0 Å². The summed E-state index contributed by atoms with van der Waals surface area (Å²) in [5.41, 5.74) is 7.95. The van der Waals surface area contributed by atoms with Crippen LogP contribution in [0.1, 0.15) is 30.0 Å². The Morgan fingerprint density at radius 3 is 2.33 bits per heavy atom. The predicted octanol–water partition coefficient (Wildman–Crippen LogP) is 3.49. The van der Waals surface area contributed by atoms with Gasteiger partial charge >= 0.3 is 0 Å². The predicted molar refractivity (Wildman–Crippen MR) is 83.2 cm³/mol. The summed E-state index contributed by atoms with van der Waals surface area (Å²) in [6, 6.07) is 17.8. The van der Waals surface area contributed by atoms with E-state index in [4.69, 9.17) is 5.73 Å². The number of rotatable bonds is 6. The molecule has 110 valence electrons. The summed E-state index contributed by atoms with van der Waals surface area (Å²) in [4.78, 5) is 2.35. The molecular weight excluding hydrogens is 263 g/mol. The molecule has 0 saturated heterocycles. The molecule has 1 saturated carbocycles. The van der Waals surface area contributed by atoms with Gasteiger partial charge in [0.2, 0.25) is 0 Å². The average molecular weight is 284 g/mol. The maximum absolute atomic E-state index is 14.1. The largest absolute Gasteiger partial charge is 0.329 e. The van der Waals surface area contributed by atoms with Gasteiger partial charge in [-0.1, -0.05) is 48.5 Å². The van der Waals surface area contributed by atoms with Gasteiger partial charge in [-0.05, 0) is 24.5 Å². The van der Waals surface area contributed by atoms with Gasteiger partial charge < -0.3 is 5.73 Å². The molecule has 1 fully saturated rings. The monoisotopic (exact) mass is 284 g/mol. The molecule has 1 atom stereocenters. The summed E-state index contributed by atoms with van der Waals surface area (Å²) in [7, 11) is 0. The molecule has 1 aliphatic carbocycles. The molecule has 0 bridgehead atoms. The molecule has 0 heterocycles. The SMILES string of the molecule is NCC(c1ccccc1F)N(Cc1ccccc1)C1CC1. The molecule has 2 nitrogen and oxygen atoms in total. The molecule has 0 amide bonds. The number of halogens is 1. The Bertz CT molecular complexity index is 581. The van der Waals surface area contributed by atoms with Gasteiger partial charge in [0.1, 0.15) is 5.82 Å². The summed E-state index contributed by atoms with van der Waals surface area (Å²) < 4.78 is 14.1. The van der Waals surface area contributed by atoms with Gasteiger partial charge in [0.05, 0.1) is 6.04 Å². The minimum Gasteiger partial charge on any atom is -0.329 e. The maximum Gasteiger partial charge on any atom is 0.128 e. The summed E-state index contributed by atoms with van der Waals surface area (Å²) in [6.45, 7) is 1.26. The van der Waals surface area contributed by atoms with E-state index in [0.717, 1.165) is 6.54 Å². The van der Waals surface area contributed by atoms with Crippen LogP contribution < -0.4 is 5.73 Å². The van der Waals surface area contributed by atoms with Crippen molar-refractivity contribution in [1.82, 2.24) is 4.90 Å². The van der Waals surface area contributed by atoms with E-state index in [9.17, 15) is 4.39 Å². The fourth-order valence-corrected chi connectivity index (χ4v) is 2.88. The lowest BCUT2D eigenvalue weighted by Crippen LogP contribution is -2.35. The summed E-state index contributed by atoms with van der Waals surface area (Å²) in [6.07, 6.45) is 2.36. The first kappa shape index (κ1) is 14.2. The van der Waals surface area contributed by atoms with Crippen LogP contribution in [0.2, 0.25) is 0 Å². The first-order chi connectivity index (χ1) is 10.3. The lowest BCUT2D eigenvalue weighted by molar-refractivity contribution is 0.178. The Labute approximate surface area is 125 Å². The number of hydrogen-bond donors (Lipinski definition) is 1. The van der Waals surface area contributed by atoms with Crippen LogP contribution in [-0.4, -0.2) is 17.5 Å². The van der Waals surface area contributed by atoms with Gasteiger partial charge in [0, 0.05) is 24.7 Å². The Kier molecular flexibility index (Phi) is 4.32. The van der Waals surface area contributed by atoms with Crippen molar-refractivity contribution < 1.29 is 4.39 Å². The molecule has 1 aliphatic rings. The minimum atomic E-state index is -0.160. The van der Waals surface area contributed by atoms with Crippen molar-refractivity contribution in [2.24, 2.45) is 5.73 Å². The Morgan fingerprint density at radius 1 is 1.05 bits per heavy atom. The number of benzene rings is 2. The zero-order valence-electron chi connectivity index (χ0n) is 12.1. The van der Waals surface area contributed by atoms with Crippen LogP contribution in [0.5, 0.6) is 0 Å². The van der Waals surface area contributed by atoms with Gasteiger partial charge in [-0.3, -0.25) is 4.90 Å². The maximum atomic E-state index is 14.1. The van der Waals surface area contributed by atoms with Gasteiger partial charge in [0.15, 0.2) is 0 Å². The minimum absolute atomic E-state index is 0.0566. The summed E-state index contributed by atoms with van der Waals surface area (Å²) in [5, 5.41) is 0. The fraction of sp³-hybridized carbons (Fsp3) is 0.333. The van der Waals surface area contributed by atoms with Crippen molar-refractivity contribution in [1.29, 1.82) is 0 Å². The molecule has 0 spiro atoms. The second-order valence-corrected chi connectivity index (χ2v) is 5.66. The Hall–Kier alpha value is -1.71. The van der Waals surface area contributed by atoms with E-state index in [1.165, 1.54) is 24.5 Å². The van der Waals surface area contributed by atoms with Crippen molar-refractivity contribution in [3.63, 3.8) is 0 Å². The molecule has 0 aliphatic heterocycles. The van der Waals surface area contributed by atoms with Crippen LogP contribution in [0.25, 0.3) is 0 Å². The van der Waals surface area contributed by atoms with Crippen LogP contribution >= 0.6 is 0 Å². The van der Waals surface area contributed by atoms with Crippen molar-refractivity contribution in [3.05, 3.63) is 71.5 Å². The molecule has 2 N–H and O–H groups in total. The lowest BCUT2D eigenvalue weighted by Gasteiger charge is -2.31. The van der Waals surface area contributed by atoms with E-state index in [-0.39, 0.29) is 11.9 Å². The number of nitrogens with two attached hydrogens (primary N) is 1. The fourth-order valence-electron chi connectivity index (χ4n) is 2.88. The normalized spacial score (nSPS) is 16.1. The molecule has 2 aromatic carbocycles. The second-order valence-electron chi connectivity index (χ2n) is 5.66. The number of hydrogen-bond acceptors (Lipinski definition) is 2. The highest BCUT2D eigenvalue weighted by Gasteiger charge is 2.34. The van der Waals surface area contributed by atoms with E-state index in [1.54, 1.807) is 6.07 Å². The van der Waals surface area contributed by atoms with Gasteiger partial charge in [-0.25, -0.2) is 4.39 Å². The quantitative estimate of drug-likeness (QED) is 0.880. The molecule has 2 aromatic rings. The third-order valence-electron chi connectivity index (χ3n) is 4.11. The first-order valence-electron chi connectivity index (χ1n) is 7.53. The van der Waals surface area contributed by atoms with Gasteiger partial charge in [0.25, 0.3) is 0 Å². The zero-order valence-corrected chi connectivity index (χ0v) is 12.1. The molecule has 0 radical (unpaired) electrons. The highest BCUT2D eigenvalue weighted by molar-refractivity contribution is 5.23. The molecule has 3 rings (SSSR count). The lowest BCUT2D eigenvalue weighted by atomic mass is 10.0. The van der Waals surface area contributed by atoms with Crippen LogP contribution in [0, 0.1) is 5.82 Å². The van der Waals surface area contributed by atoms with Crippen LogP contribution in [0.15, 0.2) is 54.6 Å². The molecule has 3 heteroatoms. The summed E-state index contributed by atoms with van der Waals surface area (Å²) in [5.74, 6) is -0.160. The van der Waals surface area contributed by atoms with E-state index in [0.29, 0.717) is 18.2 Å². The third-order valence-corrected chi connectivity index (χ3v) is 4.11. The highest BCUT2D eigenvalue weighted by Crippen LogP contribution is 2.36. The van der Waals surface area contributed by atoms with Gasteiger partial charge in [-0.15, -0.1) is 0 Å². The van der Waals surface area contributed by atoms with Crippen molar-refractivity contribution in [2.45, 2.75) is 31.5 Å². The third kappa shape index (κ3) is 3.31. The Morgan fingerprint density at radius 2 is 1.71 bits per heavy atom. The van der Waals surface area contributed by atoms with Crippen LogP contribution in [0.3, 0.4) is 0 Å². The topological polar surface area (TPSA) is 29.3 Å². The van der Waals surface area contributed by atoms with E-state index < -0.39 is 0 Å². The van der Waals surface area contributed by atoms with Crippen molar-refractivity contribution >= 4 is 0 Å². The van der Waals surface area contributed by atoms with E-state index in [1.807, 2.05) is 30.3 Å². The number of nitrogens with zero attached hydrogens (tertiary/aromatic N) is 1. The van der Waals surface area contributed by atoms with E-state index in [2.05, 4.69) is 17.0 Å². The molecule has 0 aromatic heterocycles. The first-order valence-corrected chi connectivity index (χ1v) is 7.53.